The van der Waals surface area contributed by atoms with Crippen molar-refractivity contribution in [1.29, 1.82) is 0 Å². The molecule has 0 spiro atoms. The van der Waals surface area contributed by atoms with E-state index in [0.29, 0.717) is 41.2 Å². The van der Waals surface area contributed by atoms with E-state index < -0.39 is 6.61 Å². The minimum Gasteiger partial charge on any atom is -0.431 e. The second-order valence-corrected chi connectivity index (χ2v) is 9.93. The standard InChI is InChI=1S/C24H33F2N5O2/c1-13(2)31-20(11-19(29-31)14-8-21(33-24(25)26)23(27)28-12-14)22-17-9-15(10-18(17)22)30-6-4-16(32-3)5-7-30/h8,11-13,15-18,22,24H,4-7,9-10H2,1-3H3,(H2,27,28)/t15-,17+,18-,22-. The minimum absolute atomic E-state index is 0.0557. The molecule has 0 aromatic carbocycles. The molecule has 4 atom stereocenters. The van der Waals surface area contributed by atoms with Crippen LogP contribution in [0.2, 0.25) is 0 Å². The summed E-state index contributed by atoms with van der Waals surface area (Å²) in [6, 6.07) is 4.48. The number of pyridine rings is 1. The van der Waals surface area contributed by atoms with Crippen LogP contribution in [0, 0.1) is 11.8 Å². The number of nitrogen functional groups attached to an aromatic ring is 1. The van der Waals surface area contributed by atoms with Crippen LogP contribution in [0.4, 0.5) is 14.6 Å². The number of anilines is 1. The van der Waals surface area contributed by atoms with Crippen molar-refractivity contribution in [2.45, 2.75) is 70.2 Å². The average molecular weight is 462 g/mol. The number of alkyl halides is 2. The summed E-state index contributed by atoms with van der Waals surface area (Å²) in [6.45, 7) is 3.55. The van der Waals surface area contributed by atoms with Gasteiger partial charge in [-0.2, -0.15) is 13.9 Å². The molecule has 2 aromatic rings. The quantitative estimate of drug-likeness (QED) is 0.662. The molecule has 0 radical (unpaired) electrons. The molecule has 2 aliphatic carbocycles. The van der Waals surface area contributed by atoms with Crippen LogP contribution in [-0.2, 0) is 4.74 Å². The number of aromatic nitrogens is 3. The van der Waals surface area contributed by atoms with E-state index in [4.69, 9.17) is 15.6 Å². The first-order chi connectivity index (χ1) is 15.9. The molecule has 3 fully saturated rings. The number of piperidine rings is 1. The molecule has 9 heteroatoms. The summed E-state index contributed by atoms with van der Waals surface area (Å²) in [4.78, 5) is 6.70. The first-order valence-electron chi connectivity index (χ1n) is 11.9. The molecule has 0 unspecified atom stereocenters. The van der Waals surface area contributed by atoms with Crippen LogP contribution in [-0.4, -0.2) is 58.6 Å². The third-order valence-electron chi connectivity index (χ3n) is 7.74. The number of nitrogens with zero attached hydrogens (tertiary/aromatic N) is 4. The van der Waals surface area contributed by atoms with Crippen LogP contribution in [0.1, 0.15) is 57.2 Å². The molecule has 1 aliphatic heterocycles. The van der Waals surface area contributed by atoms with Crippen LogP contribution in [0.5, 0.6) is 5.75 Å². The van der Waals surface area contributed by atoms with E-state index in [0.717, 1.165) is 25.9 Å². The first kappa shape index (κ1) is 22.5. The SMILES string of the molecule is COC1CCN([C@H]2C[C@@H]3[C@H](C2)[C@H]3c2cc(-c3cnc(N)c(OC(F)F)c3)nn2C(C)C)CC1. The van der Waals surface area contributed by atoms with E-state index in [1.807, 2.05) is 7.11 Å². The third-order valence-corrected chi connectivity index (χ3v) is 7.74. The molecule has 0 bridgehead atoms. The van der Waals surface area contributed by atoms with Gasteiger partial charge in [-0.25, -0.2) is 4.98 Å². The molecule has 33 heavy (non-hydrogen) atoms. The van der Waals surface area contributed by atoms with Crippen molar-refractivity contribution in [2.75, 3.05) is 25.9 Å². The van der Waals surface area contributed by atoms with Crippen LogP contribution in [0.25, 0.3) is 11.3 Å². The minimum atomic E-state index is -2.95. The number of ether oxygens (including phenoxy) is 2. The summed E-state index contributed by atoms with van der Waals surface area (Å²) in [6.07, 6.45) is 6.71. The Hall–Kier alpha value is -2.26. The zero-order valence-electron chi connectivity index (χ0n) is 19.5. The van der Waals surface area contributed by atoms with Gasteiger partial charge in [0.25, 0.3) is 0 Å². The van der Waals surface area contributed by atoms with E-state index in [2.05, 4.69) is 39.2 Å². The fourth-order valence-corrected chi connectivity index (χ4v) is 6.02. The van der Waals surface area contributed by atoms with Crippen molar-refractivity contribution in [3.63, 3.8) is 0 Å². The maximum absolute atomic E-state index is 12.7. The highest BCUT2D eigenvalue weighted by Crippen LogP contribution is 2.64. The van der Waals surface area contributed by atoms with Crippen LogP contribution in [0.3, 0.4) is 0 Å². The van der Waals surface area contributed by atoms with Crippen molar-refractivity contribution >= 4 is 5.82 Å². The topological polar surface area (TPSA) is 78.4 Å². The maximum atomic E-state index is 12.7. The lowest BCUT2D eigenvalue weighted by atomic mass is 9.99. The number of methoxy groups -OCH3 is 1. The fraction of sp³-hybridized carbons (Fsp3) is 0.667. The molecule has 3 heterocycles. The summed E-state index contributed by atoms with van der Waals surface area (Å²) in [5.41, 5.74) is 8.29. The Morgan fingerprint density at radius 3 is 2.42 bits per heavy atom. The largest absolute Gasteiger partial charge is 0.431 e. The second-order valence-electron chi connectivity index (χ2n) is 9.93. The fourth-order valence-electron chi connectivity index (χ4n) is 6.02. The molecule has 5 rings (SSSR count). The number of nitrogens with two attached hydrogens (primary N) is 1. The summed E-state index contributed by atoms with van der Waals surface area (Å²) in [5.74, 6) is 1.73. The Morgan fingerprint density at radius 1 is 1.12 bits per heavy atom. The van der Waals surface area contributed by atoms with Crippen LogP contribution < -0.4 is 10.5 Å². The number of hydrogen-bond acceptors (Lipinski definition) is 6. The number of fused-ring (bicyclic) bond motifs is 1. The number of hydrogen-bond donors (Lipinski definition) is 1. The molecule has 2 N–H and O–H groups in total. The van der Waals surface area contributed by atoms with Gasteiger partial charge in [-0.3, -0.25) is 4.68 Å². The lowest BCUT2D eigenvalue weighted by Crippen LogP contribution is -2.42. The van der Waals surface area contributed by atoms with Gasteiger partial charge in [-0.1, -0.05) is 0 Å². The lowest BCUT2D eigenvalue weighted by Gasteiger charge is -2.36. The molecule has 1 saturated heterocycles. The van der Waals surface area contributed by atoms with E-state index in [-0.39, 0.29) is 17.6 Å². The highest BCUT2D eigenvalue weighted by atomic mass is 19.3. The summed E-state index contributed by atoms with van der Waals surface area (Å²) >= 11 is 0. The Balaban J connectivity index is 1.31. The van der Waals surface area contributed by atoms with Gasteiger partial charge < -0.3 is 20.1 Å². The average Bonchev–Trinajstić information content (AvgIpc) is 3.15. The number of likely N-dealkylation sites (tertiary alicyclic amines) is 1. The predicted molar refractivity (Wildman–Crippen MR) is 121 cm³/mol. The van der Waals surface area contributed by atoms with Gasteiger partial charge in [0.05, 0.1) is 11.8 Å². The first-order valence-corrected chi connectivity index (χ1v) is 11.9. The van der Waals surface area contributed by atoms with Gasteiger partial charge in [0.1, 0.15) is 0 Å². The van der Waals surface area contributed by atoms with Crippen molar-refractivity contribution < 1.29 is 18.3 Å². The van der Waals surface area contributed by atoms with Crippen LogP contribution in [0.15, 0.2) is 18.3 Å². The number of rotatable bonds is 7. The third kappa shape index (κ3) is 4.33. The van der Waals surface area contributed by atoms with Crippen molar-refractivity contribution in [3.8, 4) is 17.0 Å². The highest BCUT2D eigenvalue weighted by Gasteiger charge is 2.58. The van der Waals surface area contributed by atoms with E-state index in [9.17, 15) is 8.78 Å². The Labute approximate surface area is 193 Å². The lowest BCUT2D eigenvalue weighted by molar-refractivity contribution is -0.0494. The van der Waals surface area contributed by atoms with Gasteiger partial charge in [0.2, 0.25) is 0 Å². The van der Waals surface area contributed by atoms with Crippen LogP contribution >= 0.6 is 0 Å². The normalized spacial score (nSPS) is 28.0. The Morgan fingerprint density at radius 2 is 1.82 bits per heavy atom. The zero-order valence-corrected chi connectivity index (χ0v) is 19.5. The monoisotopic (exact) mass is 461 g/mol. The van der Waals surface area contributed by atoms with Gasteiger partial charge in [-0.05, 0) is 63.5 Å². The van der Waals surface area contributed by atoms with Gasteiger partial charge >= 0.3 is 6.61 Å². The van der Waals surface area contributed by atoms with E-state index >= 15 is 0 Å². The molecule has 2 aromatic heterocycles. The van der Waals surface area contributed by atoms with Crippen molar-refractivity contribution in [2.24, 2.45) is 11.8 Å². The molecule has 0 amide bonds. The van der Waals surface area contributed by atoms with Gasteiger partial charge in [0.15, 0.2) is 11.6 Å². The summed E-state index contributed by atoms with van der Waals surface area (Å²) in [5, 5.41) is 4.81. The van der Waals surface area contributed by atoms with Gasteiger partial charge in [-0.15, -0.1) is 0 Å². The van der Waals surface area contributed by atoms with Crippen molar-refractivity contribution in [1.82, 2.24) is 19.7 Å². The summed E-state index contributed by atoms with van der Waals surface area (Å²) < 4.78 is 37.6. The molecule has 2 saturated carbocycles. The molecule has 7 nitrogen and oxygen atoms in total. The smallest absolute Gasteiger partial charge is 0.387 e. The van der Waals surface area contributed by atoms with Gasteiger partial charge in [0, 0.05) is 55.7 Å². The molecule has 180 valence electrons. The number of halogens is 2. The predicted octanol–water partition coefficient (Wildman–Crippen LogP) is 4.31. The second kappa shape index (κ2) is 8.83. The Bertz CT molecular complexity index is 977. The zero-order chi connectivity index (χ0) is 23.3. The Kier molecular flexibility index (Phi) is 6.03. The maximum Gasteiger partial charge on any atom is 0.387 e. The summed E-state index contributed by atoms with van der Waals surface area (Å²) in [7, 11) is 1.81. The highest BCUT2D eigenvalue weighted by molar-refractivity contribution is 5.64. The molecule has 3 aliphatic rings. The molecular weight excluding hydrogens is 428 g/mol. The van der Waals surface area contributed by atoms with Crippen molar-refractivity contribution in [3.05, 3.63) is 24.0 Å². The molecular formula is C24H33F2N5O2. The van der Waals surface area contributed by atoms with E-state index in [1.54, 1.807) is 6.20 Å². The van der Waals surface area contributed by atoms with E-state index in [1.165, 1.54) is 24.6 Å².